The zero-order chi connectivity index (χ0) is 26.3. The summed E-state index contributed by atoms with van der Waals surface area (Å²) in [5.74, 6) is -1.19. The van der Waals surface area contributed by atoms with E-state index in [-0.39, 0.29) is 5.78 Å². The Balaban J connectivity index is 0.000000384. The van der Waals surface area contributed by atoms with E-state index >= 15 is 0 Å². The lowest BCUT2D eigenvalue weighted by molar-refractivity contribution is -0.192. The number of H-pyrrole nitrogens is 1. The number of hydrogen-bond acceptors (Lipinski definition) is 6. The van der Waals surface area contributed by atoms with Crippen molar-refractivity contribution in [2.75, 3.05) is 31.1 Å². The number of hydrogen-bond donors (Lipinski definition) is 3. The smallest absolute Gasteiger partial charge is 0.475 e. The molecule has 2 atom stereocenters. The summed E-state index contributed by atoms with van der Waals surface area (Å²) in [7, 11) is 0. The highest BCUT2D eigenvalue weighted by Gasteiger charge is 2.38. The number of carbonyl (C=O) groups is 2. The van der Waals surface area contributed by atoms with Crippen molar-refractivity contribution >= 4 is 28.6 Å². The molecule has 192 valence electrons. The van der Waals surface area contributed by atoms with E-state index in [1.807, 2.05) is 20.8 Å². The fraction of sp³-hybridized carbons (Fsp3) is 0.440. The number of anilines is 1. The first-order valence-corrected chi connectivity index (χ1v) is 11.6. The van der Waals surface area contributed by atoms with Crippen LogP contribution in [0.5, 0.6) is 0 Å². The molecule has 0 saturated carbocycles. The molecule has 11 heteroatoms. The number of aliphatic carboxylic acids is 1. The maximum atomic E-state index is 12.8. The number of aromatic nitrogens is 3. The van der Waals surface area contributed by atoms with Crippen molar-refractivity contribution in [1.82, 2.24) is 20.3 Å². The molecule has 2 saturated heterocycles. The summed E-state index contributed by atoms with van der Waals surface area (Å²) < 4.78 is 31.7. The summed E-state index contributed by atoms with van der Waals surface area (Å²) in [6, 6.07) is 8.52. The average Bonchev–Trinajstić information content (AvgIpc) is 3.52. The second-order valence-corrected chi connectivity index (χ2v) is 10.2. The van der Waals surface area contributed by atoms with Gasteiger partial charge in [-0.2, -0.15) is 13.2 Å². The van der Waals surface area contributed by atoms with Crippen LogP contribution in [0.2, 0.25) is 0 Å². The number of ketones is 1. The van der Waals surface area contributed by atoms with Gasteiger partial charge >= 0.3 is 12.1 Å². The van der Waals surface area contributed by atoms with Gasteiger partial charge in [0.05, 0.1) is 17.5 Å². The molecule has 0 amide bonds. The number of carboxylic acids is 1. The fourth-order valence-electron chi connectivity index (χ4n) is 4.54. The Morgan fingerprint density at radius 2 is 1.75 bits per heavy atom. The molecule has 2 unspecified atom stereocenters. The zero-order valence-corrected chi connectivity index (χ0v) is 20.2. The van der Waals surface area contributed by atoms with Gasteiger partial charge in [-0.25, -0.2) is 14.8 Å². The molecule has 3 N–H and O–H groups in total. The third kappa shape index (κ3) is 5.35. The van der Waals surface area contributed by atoms with Gasteiger partial charge in [0.2, 0.25) is 0 Å². The maximum Gasteiger partial charge on any atom is 0.490 e. The third-order valence-electron chi connectivity index (χ3n) is 6.45. The molecule has 2 aliphatic heterocycles. The van der Waals surface area contributed by atoms with E-state index in [2.05, 4.69) is 44.5 Å². The zero-order valence-electron chi connectivity index (χ0n) is 20.2. The molecule has 5 rings (SSSR count). The lowest BCUT2D eigenvalue weighted by atomic mass is 9.87. The Bertz CT molecular complexity index is 1270. The minimum absolute atomic E-state index is 0.0705. The van der Waals surface area contributed by atoms with Crippen molar-refractivity contribution in [3.63, 3.8) is 0 Å². The second-order valence-electron chi connectivity index (χ2n) is 10.2. The topological polar surface area (TPSA) is 111 Å². The van der Waals surface area contributed by atoms with Gasteiger partial charge in [0.1, 0.15) is 5.52 Å². The van der Waals surface area contributed by atoms with E-state index in [1.54, 1.807) is 12.4 Å². The molecule has 1 aromatic carbocycles. The molecule has 2 aliphatic rings. The second kappa shape index (κ2) is 9.53. The fourth-order valence-corrected chi connectivity index (χ4v) is 4.54. The SMILES string of the molecule is CC(C)(C)C(=O)c1c[nH]c2ncc(-c3cccc(N4CC5CNCC5C4)c3)nc12.O=C(O)C(F)(F)F. The first-order chi connectivity index (χ1) is 16.8. The van der Waals surface area contributed by atoms with Gasteiger partial charge in [-0.1, -0.05) is 32.9 Å². The number of fused-ring (bicyclic) bond motifs is 2. The van der Waals surface area contributed by atoms with Crippen LogP contribution in [0.25, 0.3) is 22.4 Å². The van der Waals surface area contributed by atoms with Crippen LogP contribution < -0.4 is 10.2 Å². The van der Waals surface area contributed by atoms with Crippen molar-refractivity contribution < 1.29 is 27.9 Å². The molecule has 0 aliphatic carbocycles. The van der Waals surface area contributed by atoms with E-state index < -0.39 is 17.6 Å². The number of alkyl halides is 3. The molecule has 0 radical (unpaired) electrons. The highest BCUT2D eigenvalue weighted by Crippen LogP contribution is 2.33. The molecule has 0 spiro atoms. The van der Waals surface area contributed by atoms with Gasteiger partial charge in [-0.05, 0) is 24.0 Å². The summed E-state index contributed by atoms with van der Waals surface area (Å²) in [5.41, 5.74) is 4.50. The van der Waals surface area contributed by atoms with Crippen molar-refractivity contribution in [1.29, 1.82) is 0 Å². The molecule has 36 heavy (non-hydrogen) atoms. The number of Topliss-reactive ketones (excluding diaryl/α,β-unsaturated/α-hetero) is 1. The molecule has 2 fully saturated rings. The Morgan fingerprint density at radius 3 is 2.33 bits per heavy atom. The Morgan fingerprint density at radius 1 is 1.11 bits per heavy atom. The summed E-state index contributed by atoms with van der Waals surface area (Å²) in [6.07, 6.45) is -1.57. The van der Waals surface area contributed by atoms with Crippen LogP contribution in [-0.2, 0) is 4.79 Å². The largest absolute Gasteiger partial charge is 0.490 e. The standard InChI is InChI=1S/C23H27N5O.C2HF3O2/c1-23(2,3)21(29)18-10-25-22-20(18)27-19(11-26-22)14-5-4-6-17(7-14)28-12-15-8-24-9-16(15)13-28;3-2(4,5)1(6)7/h4-7,10-11,15-16,24H,8-9,12-13H2,1-3H3,(H,25,26);(H,6,7). The lowest BCUT2D eigenvalue weighted by Gasteiger charge is -2.20. The number of nitrogens with one attached hydrogen (secondary N) is 2. The highest BCUT2D eigenvalue weighted by atomic mass is 19.4. The van der Waals surface area contributed by atoms with Gasteiger partial charge in [0, 0.05) is 49.0 Å². The predicted octanol–water partition coefficient (Wildman–Crippen LogP) is 4.14. The Labute approximate surface area is 205 Å². The highest BCUT2D eigenvalue weighted by molar-refractivity contribution is 6.08. The minimum Gasteiger partial charge on any atom is -0.475 e. The molecular weight excluding hydrogens is 475 g/mol. The average molecular weight is 504 g/mol. The quantitative estimate of drug-likeness (QED) is 0.461. The van der Waals surface area contributed by atoms with Crippen LogP contribution >= 0.6 is 0 Å². The van der Waals surface area contributed by atoms with E-state index in [0.29, 0.717) is 16.7 Å². The third-order valence-corrected chi connectivity index (χ3v) is 6.45. The van der Waals surface area contributed by atoms with Crippen LogP contribution in [0.15, 0.2) is 36.7 Å². The summed E-state index contributed by atoms with van der Waals surface area (Å²) in [4.78, 5) is 36.6. The van der Waals surface area contributed by atoms with Gasteiger partial charge in [0.25, 0.3) is 0 Å². The van der Waals surface area contributed by atoms with Crippen LogP contribution in [0.1, 0.15) is 31.1 Å². The van der Waals surface area contributed by atoms with Crippen molar-refractivity contribution in [2.24, 2.45) is 17.3 Å². The van der Waals surface area contributed by atoms with Gasteiger partial charge < -0.3 is 20.3 Å². The van der Waals surface area contributed by atoms with Gasteiger partial charge in [-0.3, -0.25) is 4.79 Å². The van der Waals surface area contributed by atoms with Crippen molar-refractivity contribution in [2.45, 2.75) is 26.9 Å². The number of carboxylic acid groups (broad SMARTS) is 1. The normalized spacial score (nSPS) is 19.7. The summed E-state index contributed by atoms with van der Waals surface area (Å²) in [5, 5.41) is 10.6. The predicted molar refractivity (Wildman–Crippen MR) is 129 cm³/mol. The Kier molecular flexibility index (Phi) is 6.78. The number of rotatable bonds is 3. The Hall–Kier alpha value is -3.47. The van der Waals surface area contributed by atoms with Crippen LogP contribution in [0, 0.1) is 17.3 Å². The number of nitrogens with zero attached hydrogens (tertiary/aromatic N) is 3. The maximum absolute atomic E-state index is 12.8. The van der Waals surface area contributed by atoms with Gasteiger partial charge in [0.15, 0.2) is 11.4 Å². The number of aromatic amines is 1. The minimum atomic E-state index is -5.08. The number of halogens is 3. The van der Waals surface area contributed by atoms with Crippen LogP contribution in [0.4, 0.5) is 18.9 Å². The molecule has 4 heterocycles. The first kappa shape index (κ1) is 25.6. The number of benzene rings is 1. The number of carbonyl (C=O) groups excluding carboxylic acids is 1. The van der Waals surface area contributed by atoms with Crippen LogP contribution in [-0.4, -0.2) is 64.2 Å². The van der Waals surface area contributed by atoms with Crippen LogP contribution in [0.3, 0.4) is 0 Å². The van der Waals surface area contributed by atoms with E-state index in [9.17, 15) is 18.0 Å². The monoisotopic (exact) mass is 503 g/mol. The van der Waals surface area contributed by atoms with E-state index in [1.165, 1.54) is 5.69 Å². The summed E-state index contributed by atoms with van der Waals surface area (Å²) >= 11 is 0. The molecule has 3 aromatic rings. The molecule has 2 aromatic heterocycles. The molecule has 8 nitrogen and oxygen atoms in total. The molecular formula is C25H28F3N5O3. The van der Waals surface area contributed by atoms with E-state index in [4.69, 9.17) is 14.9 Å². The lowest BCUT2D eigenvalue weighted by Crippen LogP contribution is -2.25. The summed E-state index contributed by atoms with van der Waals surface area (Å²) in [6.45, 7) is 10.2. The first-order valence-electron chi connectivity index (χ1n) is 11.6. The van der Waals surface area contributed by atoms with Gasteiger partial charge in [-0.15, -0.1) is 0 Å². The molecule has 0 bridgehead atoms. The van der Waals surface area contributed by atoms with Crippen molar-refractivity contribution in [3.05, 3.63) is 42.2 Å². The van der Waals surface area contributed by atoms with Crippen molar-refractivity contribution in [3.8, 4) is 11.3 Å². The van der Waals surface area contributed by atoms with E-state index in [0.717, 1.165) is 49.3 Å².